The molecule has 0 aromatic carbocycles. The molecule has 0 bridgehead atoms. The number of carbonyl (C=O) groups excluding carboxylic acids is 5. The number of carbonyl (C=O) groups is 3. The number of rotatable bonds is 7. The number of likely N-dealkylation sites (N-methyl/N-ethyl adjacent to an activating group) is 2. The maximum Gasteiger partial charge on any atom is 0.373 e. The van der Waals surface area contributed by atoms with E-state index in [0.29, 0.717) is 32.7 Å². The summed E-state index contributed by atoms with van der Waals surface area (Å²) in [7, 11) is 4.05. The summed E-state index contributed by atoms with van der Waals surface area (Å²) in [6, 6.07) is -0.762. The molecule has 13 nitrogen and oxygen atoms in total. The highest BCUT2D eigenvalue weighted by Crippen LogP contribution is 2.20. The van der Waals surface area contributed by atoms with Crippen LogP contribution in [0.25, 0.3) is 0 Å². The Morgan fingerprint density at radius 1 is 0.778 bits per heavy atom. The molecular formula is C23H40N4O9. The standard InChI is InChI=1S/C21H40N4O5.2CO2/c1-21(2,3)18(26)7-6-17(20(29)30)25-14-11-23(5)9-8-22(4)10-12-24(13-15-25)16-19(27)28;2*2-1-3/h17H,6-16H2,1-5H3,(H,27,28)(H,29,30);;. The van der Waals surface area contributed by atoms with E-state index in [4.69, 9.17) is 19.2 Å². The first kappa shape index (κ1) is 35.4. The summed E-state index contributed by atoms with van der Waals surface area (Å²) >= 11 is 0. The van der Waals surface area contributed by atoms with Crippen molar-refractivity contribution >= 4 is 30.0 Å². The van der Waals surface area contributed by atoms with Crippen LogP contribution in [-0.2, 0) is 33.6 Å². The van der Waals surface area contributed by atoms with Gasteiger partial charge in [0.15, 0.2) is 0 Å². The van der Waals surface area contributed by atoms with Crippen LogP contribution >= 0.6 is 0 Å². The third-order valence-corrected chi connectivity index (χ3v) is 5.70. The molecule has 0 amide bonds. The average Bonchev–Trinajstić information content (AvgIpc) is 2.76. The summed E-state index contributed by atoms with van der Waals surface area (Å²) in [6.07, 6.45) is 0.979. The minimum Gasteiger partial charge on any atom is -0.480 e. The third-order valence-electron chi connectivity index (χ3n) is 5.70. The van der Waals surface area contributed by atoms with Crippen LogP contribution in [0.15, 0.2) is 0 Å². The molecule has 2 N–H and O–H groups in total. The predicted molar refractivity (Wildman–Crippen MR) is 126 cm³/mol. The molecule has 1 heterocycles. The minimum atomic E-state index is -0.934. The Morgan fingerprint density at radius 3 is 1.58 bits per heavy atom. The van der Waals surface area contributed by atoms with E-state index in [9.17, 15) is 24.6 Å². The Kier molecular flexibility index (Phi) is 19.1. The molecule has 13 heteroatoms. The average molecular weight is 517 g/mol. The van der Waals surface area contributed by atoms with Gasteiger partial charge in [0.05, 0.1) is 6.54 Å². The Hall–Kier alpha value is -2.79. The molecule has 1 aliphatic heterocycles. The van der Waals surface area contributed by atoms with Gasteiger partial charge in [0.1, 0.15) is 11.8 Å². The lowest BCUT2D eigenvalue weighted by atomic mass is 9.87. The molecule has 0 aromatic heterocycles. The zero-order chi connectivity index (χ0) is 28.3. The van der Waals surface area contributed by atoms with Gasteiger partial charge in [0.2, 0.25) is 0 Å². The van der Waals surface area contributed by atoms with Gasteiger partial charge in [-0.15, -0.1) is 0 Å². The molecule has 36 heavy (non-hydrogen) atoms. The smallest absolute Gasteiger partial charge is 0.373 e. The molecule has 0 aliphatic carbocycles. The van der Waals surface area contributed by atoms with Crippen molar-refractivity contribution in [3.63, 3.8) is 0 Å². The molecule has 1 aliphatic rings. The number of carboxylic acids is 2. The number of aliphatic carboxylic acids is 2. The first-order valence-electron chi connectivity index (χ1n) is 11.5. The molecule has 1 saturated heterocycles. The third kappa shape index (κ3) is 17.6. The lowest BCUT2D eigenvalue weighted by molar-refractivity contribution is -0.193. The van der Waals surface area contributed by atoms with Crippen LogP contribution < -0.4 is 0 Å². The second-order valence-electron chi connectivity index (χ2n) is 9.54. The van der Waals surface area contributed by atoms with Gasteiger partial charge in [-0.1, -0.05) is 20.8 Å². The van der Waals surface area contributed by atoms with Crippen molar-refractivity contribution in [2.45, 2.75) is 39.7 Å². The molecule has 0 radical (unpaired) electrons. The molecule has 0 aromatic rings. The molecule has 206 valence electrons. The fourth-order valence-corrected chi connectivity index (χ4v) is 3.44. The summed E-state index contributed by atoms with van der Waals surface area (Å²) < 4.78 is 0. The van der Waals surface area contributed by atoms with Crippen molar-refractivity contribution in [2.75, 3.05) is 73.0 Å². The first-order chi connectivity index (χ1) is 16.7. The van der Waals surface area contributed by atoms with Crippen molar-refractivity contribution in [2.24, 2.45) is 5.41 Å². The van der Waals surface area contributed by atoms with Crippen LogP contribution in [0.3, 0.4) is 0 Å². The monoisotopic (exact) mass is 516 g/mol. The highest BCUT2D eigenvalue weighted by molar-refractivity contribution is 5.84. The van der Waals surface area contributed by atoms with Gasteiger partial charge in [-0.3, -0.25) is 24.2 Å². The number of hydrogen-bond donors (Lipinski definition) is 2. The van der Waals surface area contributed by atoms with Gasteiger partial charge < -0.3 is 20.0 Å². The molecule has 1 rings (SSSR count). The molecule has 1 atom stereocenters. The molecule has 0 spiro atoms. The molecule has 1 unspecified atom stereocenters. The predicted octanol–water partition coefficient (Wildman–Crippen LogP) is -0.766. The lowest BCUT2D eigenvalue weighted by Gasteiger charge is -2.34. The van der Waals surface area contributed by atoms with E-state index in [1.165, 1.54) is 0 Å². The number of carboxylic acid groups (broad SMARTS) is 2. The quantitative estimate of drug-likeness (QED) is 0.432. The molecule has 0 saturated carbocycles. The van der Waals surface area contributed by atoms with Gasteiger partial charge in [-0.2, -0.15) is 19.2 Å². The van der Waals surface area contributed by atoms with Crippen LogP contribution in [-0.4, -0.2) is 139 Å². The Bertz CT molecular complexity index is 730. The lowest BCUT2D eigenvalue weighted by Crippen LogP contribution is -2.50. The van der Waals surface area contributed by atoms with E-state index in [1.807, 2.05) is 44.7 Å². The largest absolute Gasteiger partial charge is 0.480 e. The fourth-order valence-electron chi connectivity index (χ4n) is 3.44. The zero-order valence-electron chi connectivity index (χ0n) is 21.9. The van der Waals surface area contributed by atoms with Crippen molar-refractivity contribution in [3.8, 4) is 0 Å². The van der Waals surface area contributed by atoms with Crippen molar-refractivity contribution < 1.29 is 43.8 Å². The van der Waals surface area contributed by atoms with Gasteiger partial charge in [-0.25, -0.2) is 0 Å². The topological polar surface area (TPSA) is 173 Å². The van der Waals surface area contributed by atoms with Crippen LogP contribution in [0.1, 0.15) is 33.6 Å². The fraction of sp³-hybridized carbons (Fsp3) is 0.783. The van der Waals surface area contributed by atoms with Crippen molar-refractivity contribution in [1.82, 2.24) is 19.6 Å². The van der Waals surface area contributed by atoms with Crippen molar-refractivity contribution in [1.29, 1.82) is 0 Å². The SMILES string of the molecule is CN1CCN(C)CCN(C(CCC(=O)C(C)(C)C)C(=O)O)CCN(CC(=O)O)CC1.O=C=O.O=C=O. The molecular weight excluding hydrogens is 476 g/mol. The summed E-state index contributed by atoms with van der Waals surface area (Å²) in [6.45, 7) is 10.7. The highest BCUT2D eigenvalue weighted by Gasteiger charge is 2.29. The Balaban J connectivity index is 0. The summed E-state index contributed by atoms with van der Waals surface area (Å²) in [5.41, 5.74) is -0.491. The van der Waals surface area contributed by atoms with E-state index < -0.39 is 23.4 Å². The number of nitrogens with zero attached hydrogens (tertiary/aromatic N) is 4. The van der Waals surface area contributed by atoms with Gasteiger partial charge in [-0.05, 0) is 20.5 Å². The van der Waals surface area contributed by atoms with Gasteiger partial charge in [0, 0.05) is 64.2 Å². The van der Waals surface area contributed by atoms with Crippen LogP contribution in [0, 0.1) is 5.41 Å². The zero-order valence-corrected chi connectivity index (χ0v) is 21.9. The van der Waals surface area contributed by atoms with Crippen LogP contribution in [0.4, 0.5) is 0 Å². The highest BCUT2D eigenvalue weighted by atomic mass is 16.4. The number of ketones is 1. The second kappa shape index (κ2) is 19.4. The van der Waals surface area contributed by atoms with E-state index >= 15 is 0 Å². The maximum absolute atomic E-state index is 12.3. The van der Waals surface area contributed by atoms with E-state index in [0.717, 1.165) is 19.6 Å². The Morgan fingerprint density at radius 2 is 1.17 bits per heavy atom. The molecule has 1 fully saturated rings. The first-order valence-corrected chi connectivity index (χ1v) is 11.5. The summed E-state index contributed by atoms with van der Waals surface area (Å²) in [5.74, 6) is -1.77. The Labute approximate surface area is 212 Å². The maximum atomic E-state index is 12.3. The van der Waals surface area contributed by atoms with Crippen molar-refractivity contribution in [3.05, 3.63) is 0 Å². The van der Waals surface area contributed by atoms with E-state index in [1.54, 1.807) is 0 Å². The number of hydrogen-bond acceptors (Lipinski definition) is 11. The van der Waals surface area contributed by atoms with Gasteiger partial charge in [0.25, 0.3) is 0 Å². The van der Waals surface area contributed by atoms with E-state index in [2.05, 4.69) is 9.80 Å². The van der Waals surface area contributed by atoms with Gasteiger partial charge >= 0.3 is 24.2 Å². The summed E-state index contributed by atoms with van der Waals surface area (Å²) in [4.78, 5) is 76.3. The van der Waals surface area contributed by atoms with Crippen LogP contribution in [0.5, 0.6) is 0 Å². The number of Topliss-reactive ketones (excluding diaryl/α,β-unsaturated/α-hetero) is 1. The second-order valence-corrected chi connectivity index (χ2v) is 9.54. The summed E-state index contributed by atoms with van der Waals surface area (Å²) in [5, 5.41) is 19.1. The normalized spacial score (nSPS) is 17.8. The van der Waals surface area contributed by atoms with E-state index in [-0.39, 0.29) is 37.5 Å². The minimum absolute atomic E-state index is 0.0516. The van der Waals surface area contributed by atoms with Crippen LogP contribution in [0.2, 0.25) is 0 Å².